The number of anilines is 1. The number of piperidine rings is 1. The standard InChI is InChI=1S/C14H18N2O2/c1-14(2)12(17)8-10(13(18)16-14)7-9-3-5-11(15)6-4-9/h3-6,10H,7-8,15H2,1-2H3,(H,16,18)/t10-/m1/s1. The molecule has 4 heteroatoms. The molecule has 1 fully saturated rings. The summed E-state index contributed by atoms with van der Waals surface area (Å²) in [6.45, 7) is 3.49. The second-order valence-corrected chi connectivity index (χ2v) is 5.38. The summed E-state index contributed by atoms with van der Waals surface area (Å²) in [5.74, 6) is -0.229. The number of benzene rings is 1. The Morgan fingerprint density at radius 1 is 1.28 bits per heavy atom. The highest BCUT2D eigenvalue weighted by Gasteiger charge is 2.39. The Hall–Kier alpha value is -1.84. The van der Waals surface area contributed by atoms with Crippen molar-refractivity contribution in [1.29, 1.82) is 0 Å². The summed E-state index contributed by atoms with van der Waals surface area (Å²) < 4.78 is 0. The predicted octanol–water partition coefficient (Wildman–Crippen LogP) is 1.30. The van der Waals surface area contributed by atoms with Crippen LogP contribution in [0, 0.1) is 5.92 Å². The van der Waals surface area contributed by atoms with Crippen LogP contribution < -0.4 is 11.1 Å². The van der Waals surface area contributed by atoms with Gasteiger partial charge in [-0.25, -0.2) is 0 Å². The minimum Gasteiger partial charge on any atom is -0.399 e. The molecule has 0 bridgehead atoms. The smallest absolute Gasteiger partial charge is 0.224 e. The summed E-state index contributed by atoms with van der Waals surface area (Å²) in [5, 5.41) is 2.77. The first kappa shape index (κ1) is 12.6. The lowest BCUT2D eigenvalue weighted by Crippen LogP contribution is -2.57. The SMILES string of the molecule is CC1(C)NC(=O)[C@H](Cc2ccc(N)cc2)CC1=O. The molecule has 3 N–H and O–H groups in total. The van der Waals surface area contributed by atoms with E-state index >= 15 is 0 Å². The molecule has 1 atom stereocenters. The first-order valence-corrected chi connectivity index (χ1v) is 6.08. The molecule has 0 spiro atoms. The first-order valence-electron chi connectivity index (χ1n) is 6.08. The molecule has 0 radical (unpaired) electrons. The van der Waals surface area contributed by atoms with Gasteiger partial charge in [-0.05, 0) is 38.0 Å². The molecule has 96 valence electrons. The number of rotatable bonds is 2. The summed E-state index contributed by atoms with van der Waals surface area (Å²) >= 11 is 0. The van der Waals surface area contributed by atoms with Gasteiger partial charge < -0.3 is 11.1 Å². The molecule has 0 aromatic heterocycles. The summed E-state index contributed by atoms with van der Waals surface area (Å²) in [6, 6.07) is 7.41. The number of nitrogen functional groups attached to an aromatic ring is 1. The van der Waals surface area contributed by atoms with E-state index in [4.69, 9.17) is 5.73 Å². The van der Waals surface area contributed by atoms with Gasteiger partial charge in [0.15, 0.2) is 5.78 Å². The van der Waals surface area contributed by atoms with E-state index in [9.17, 15) is 9.59 Å². The van der Waals surface area contributed by atoms with Crippen molar-refractivity contribution in [2.45, 2.75) is 32.2 Å². The van der Waals surface area contributed by atoms with Gasteiger partial charge in [-0.2, -0.15) is 0 Å². The fourth-order valence-corrected chi connectivity index (χ4v) is 2.15. The zero-order valence-electron chi connectivity index (χ0n) is 10.7. The van der Waals surface area contributed by atoms with Crippen molar-refractivity contribution < 1.29 is 9.59 Å². The predicted molar refractivity (Wildman–Crippen MR) is 69.9 cm³/mol. The van der Waals surface area contributed by atoms with E-state index in [1.807, 2.05) is 24.3 Å². The van der Waals surface area contributed by atoms with Crippen LogP contribution in [0.25, 0.3) is 0 Å². The molecule has 1 saturated heterocycles. The van der Waals surface area contributed by atoms with Crippen molar-refractivity contribution in [1.82, 2.24) is 5.32 Å². The Labute approximate surface area is 107 Å². The van der Waals surface area contributed by atoms with Crippen LogP contribution in [0.1, 0.15) is 25.8 Å². The van der Waals surface area contributed by atoms with Crippen LogP contribution in [0.2, 0.25) is 0 Å². The van der Waals surface area contributed by atoms with Crippen LogP contribution in [0.3, 0.4) is 0 Å². The number of hydrogen-bond donors (Lipinski definition) is 2. The highest BCUT2D eigenvalue weighted by molar-refractivity contribution is 5.99. The maximum Gasteiger partial charge on any atom is 0.224 e. The molecule has 0 unspecified atom stereocenters. The molecule has 1 amide bonds. The first-order chi connectivity index (χ1) is 8.38. The Morgan fingerprint density at radius 3 is 2.50 bits per heavy atom. The number of amides is 1. The van der Waals surface area contributed by atoms with Crippen molar-refractivity contribution in [3.05, 3.63) is 29.8 Å². The van der Waals surface area contributed by atoms with E-state index in [0.717, 1.165) is 5.56 Å². The van der Waals surface area contributed by atoms with E-state index in [-0.39, 0.29) is 17.6 Å². The Bertz CT molecular complexity index is 477. The summed E-state index contributed by atoms with van der Waals surface area (Å²) in [6.07, 6.45) is 0.886. The fourth-order valence-electron chi connectivity index (χ4n) is 2.15. The van der Waals surface area contributed by atoms with Gasteiger partial charge in [0.25, 0.3) is 0 Å². The Morgan fingerprint density at radius 2 is 1.89 bits per heavy atom. The molecule has 1 heterocycles. The molecule has 1 aliphatic rings. The summed E-state index contributed by atoms with van der Waals surface area (Å²) in [4.78, 5) is 23.8. The van der Waals surface area contributed by atoms with Crippen LogP contribution >= 0.6 is 0 Å². The van der Waals surface area contributed by atoms with E-state index in [1.165, 1.54) is 0 Å². The van der Waals surface area contributed by atoms with Gasteiger partial charge in [0.05, 0.1) is 5.54 Å². The second-order valence-electron chi connectivity index (χ2n) is 5.38. The molecule has 0 aliphatic carbocycles. The zero-order chi connectivity index (χ0) is 13.3. The monoisotopic (exact) mass is 246 g/mol. The lowest BCUT2D eigenvalue weighted by Gasteiger charge is -2.33. The van der Waals surface area contributed by atoms with E-state index in [0.29, 0.717) is 18.5 Å². The number of carbonyl (C=O) groups excluding carboxylic acids is 2. The van der Waals surface area contributed by atoms with Gasteiger partial charge in [-0.3, -0.25) is 9.59 Å². The molecule has 2 rings (SSSR count). The van der Waals surface area contributed by atoms with E-state index in [1.54, 1.807) is 13.8 Å². The average Bonchev–Trinajstić information content (AvgIpc) is 2.28. The molecular weight excluding hydrogens is 228 g/mol. The maximum atomic E-state index is 11.9. The number of ketones is 1. The third-order valence-corrected chi connectivity index (χ3v) is 3.40. The number of Topliss-reactive ketones (excluding diaryl/α,β-unsaturated/α-hetero) is 1. The number of nitrogens with one attached hydrogen (secondary N) is 1. The van der Waals surface area contributed by atoms with E-state index in [2.05, 4.69) is 5.32 Å². The van der Waals surface area contributed by atoms with Gasteiger partial charge in [0, 0.05) is 18.0 Å². The van der Waals surface area contributed by atoms with Crippen molar-refractivity contribution >= 4 is 17.4 Å². The average molecular weight is 246 g/mol. The quantitative estimate of drug-likeness (QED) is 0.772. The van der Waals surface area contributed by atoms with Gasteiger partial charge in [-0.1, -0.05) is 12.1 Å². The maximum absolute atomic E-state index is 11.9. The minimum atomic E-state index is -0.727. The van der Waals surface area contributed by atoms with Crippen LogP contribution in [-0.2, 0) is 16.0 Å². The number of hydrogen-bond acceptors (Lipinski definition) is 3. The zero-order valence-corrected chi connectivity index (χ0v) is 10.7. The molecular formula is C14H18N2O2. The topological polar surface area (TPSA) is 72.2 Å². The van der Waals surface area contributed by atoms with Gasteiger partial charge in [0.2, 0.25) is 5.91 Å². The Balaban J connectivity index is 2.09. The molecule has 0 saturated carbocycles. The van der Waals surface area contributed by atoms with Crippen LogP contribution in [0.4, 0.5) is 5.69 Å². The Kier molecular flexibility index (Phi) is 3.11. The highest BCUT2D eigenvalue weighted by Crippen LogP contribution is 2.23. The van der Waals surface area contributed by atoms with Crippen LogP contribution in [0.5, 0.6) is 0 Å². The van der Waals surface area contributed by atoms with Gasteiger partial charge in [0.1, 0.15) is 0 Å². The van der Waals surface area contributed by atoms with Crippen LogP contribution in [0.15, 0.2) is 24.3 Å². The van der Waals surface area contributed by atoms with Crippen molar-refractivity contribution in [3.8, 4) is 0 Å². The normalized spacial score (nSPS) is 22.7. The van der Waals surface area contributed by atoms with Crippen molar-refractivity contribution in [2.24, 2.45) is 5.92 Å². The van der Waals surface area contributed by atoms with Crippen molar-refractivity contribution in [3.63, 3.8) is 0 Å². The molecule has 4 nitrogen and oxygen atoms in total. The van der Waals surface area contributed by atoms with Gasteiger partial charge in [-0.15, -0.1) is 0 Å². The third kappa shape index (κ3) is 2.53. The molecule has 18 heavy (non-hydrogen) atoms. The summed E-state index contributed by atoms with van der Waals surface area (Å²) in [7, 11) is 0. The highest BCUT2D eigenvalue weighted by atomic mass is 16.2. The number of nitrogens with two attached hydrogens (primary N) is 1. The lowest BCUT2D eigenvalue weighted by atomic mass is 9.82. The minimum absolute atomic E-state index is 0.0450. The van der Waals surface area contributed by atoms with Crippen LogP contribution in [-0.4, -0.2) is 17.2 Å². The second kappa shape index (κ2) is 4.44. The van der Waals surface area contributed by atoms with E-state index < -0.39 is 5.54 Å². The molecule has 1 aliphatic heterocycles. The molecule has 1 aromatic rings. The molecule has 1 aromatic carbocycles. The largest absolute Gasteiger partial charge is 0.399 e. The van der Waals surface area contributed by atoms with Crippen molar-refractivity contribution in [2.75, 3.05) is 5.73 Å². The van der Waals surface area contributed by atoms with Gasteiger partial charge >= 0.3 is 0 Å². The lowest BCUT2D eigenvalue weighted by molar-refractivity contribution is -0.140. The fraction of sp³-hybridized carbons (Fsp3) is 0.429. The summed E-state index contributed by atoms with van der Waals surface area (Å²) in [5.41, 5.74) is 6.61. The number of carbonyl (C=O) groups is 2. The third-order valence-electron chi connectivity index (χ3n) is 3.40.